The lowest BCUT2D eigenvalue weighted by Crippen LogP contribution is -2.18. The number of fused-ring (bicyclic) bond motifs is 1. The zero-order chi connectivity index (χ0) is 15.6. The van der Waals surface area contributed by atoms with Gasteiger partial charge in [0.25, 0.3) is 0 Å². The zero-order valence-electron chi connectivity index (χ0n) is 12.8. The van der Waals surface area contributed by atoms with Gasteiger partial charge in [-0.1, -0.05) is 13.8 Å². The van der Waals surface area contributed by atoms with Gasteiger partial charge in [-0.2, -0.15) is 5.26 Å². The number of nitrogens with zero attached hydrogens (tertiary/aromatic N) is 2. The molecular formula is C17H20N2O2. The monoisotopic (exact) mass is 284 g/mol. The third-order valence-electron chi connectivity index (χ3n) is 3.73. The summed E-state index contributed by atoms with van der Waals surface area (Å²) in [5, 5.41) is 20.1. The first-order valence-corrected chi connectivity index (χ1v) is 7.02. The molecule has 1 N–H and O–H groups in total. The van der Waals surface area contributed by atoms with E-state index in [0.717, 1.165) is 27.8 Å². The van der Waals surface area contributed by atoms with E-state index in [9.17, 15) is 5.11 Å². The Hall–Kier alpha value is -2.12. The first kappa shape index (κ1) is 15.3. The molecule has 1 aromatic heterocycles. The normalized spacial score (nSPS) is 12.4. The van der Waals surface area contributed by atoms with E-state index in [1.165, 1.54) is 0 Å². The summed E-state index contributed by atoms with van der Waals surface area (Å²) in [5.41, 5.74) is 3.07. The summed E-state index contributed by atoms with van der Waals surface area (Å²) in [6.07, 6.45) is 0.0745. The SMILES string of the molecule is COc1cc2c(C)cc(C#N)nc2cc1CC(O)C(C)C. The number of nitriles is 1. The number of aryl methyl sites for hydroxylation is 1. The van der Waals surface area contributed by atoms with Gasteiger partial charge in [-0.15, -0.1) is 0 Å². The number of ether oxygens (including phenoxy) is 1. The van der Waals surface area contributed by atoms with Crippen molar-refractivity contribution in [3.05, 3.63) is 35.0 Å². The number of hydrogen-bond acceptors (Lipinski definition) is 4. The van der Waals surface area contributed by atoms with Crippen LogP contribution < -0.4 is 4.74 Å². The molecule has 110 valence electrons. The van der Waals surface area contributed by atoms with Crippen LogP contribution in [0.5, 0.6) is 5.75 Å². The Kier molecular flexibility index (Phi) is 4.44. The molecule has 0 bridgehead atoms. The summed E-state index contributed by atoms with van der Waals surface area (Å²) in [4.78, 5) is 4.34. The first-order chi connectivity index (χ1) is 9.96. The number of benzene rings is 1. The Labute approximate surface area is 125 Å². The van der Waals surface area contributed by atoms with E-state index >= 15 is 0 Å². The third kappa shape index (κ3) is 3.14. The highest BCUT2D eigenvalue weighted by molar-refractivity contribution is 5.85. The molecule has 1 unspecified atom stereocenters. The average molecular weight is 284 g/mol. The smallest absolute Gasteiger partial charge is 0.141 e. The largest absolute Gasteiger partial charge is 0.496 e. The minimum atomic E-state index is -0.434. The summed E-state index contributed by atoms with van der Waals surface area (Å²) in [5.74, 6) is 0.919. The number of rotatable bonds is 4. The molecule has 4 heteroatoms. The van der Waals surface area contributed by atoms with Crippen molar-refractivity contribution in [2.75, 3.05) is 7.11 Å². The summed E-state index contributed by atoms with van der Waals surface area (Å²) in [6, 6.07) is 7.69. The van der Waals surface area contributed by atoms with Crippen molar-refractivity contribution in [3.8, 4) is 11.8 Å². The van der Waals surface area contributed by atoms with E-state index in [0.29, 0.717) is 12.1 Å². The molecule has 1 atom stereocenters. The summed E-state index contributed by atoms with van der Waals surface area (Å²) in [7, 11) is 1.62. The van der Waals surface area contributed by atoms with Gasteiger partial charge in [0.05, 0.1) is 18.7 Å². The lowest BCUT2D eigenvalue weighted by Gasteiger charge is -2.17. The van der Waals surface area contributed by atoms with Gasteiger partial charge in [-0.25, -0.2) is 4.98 Å². The van der Waals surface area contributed by atoms with Crippen LogP contribution in [-0.4, -0.2) is 23.3 Å². The topological polar surface area (TPSA) is 66.1 Å². The molecule has 0 saturated heterocycles. The van der Waals surface area contributed by atoms with E-state index in [-0.39, 0.29) is 5.92 Å². The van der Waals surface area contributed by atoms with Crippen molar-refractivity contribution in [1.82, 2.24) is 4.98 Å². The molecule has 2 aromatic rings. The van der Waals surface area contributed by atoms with E-state index in [1.54, 1.807) is 13.2 Å². The highest BCUT2D eigenvalue weighted by atomic mass is 16.5. The molecule has 0 spiro atoms. The molecule has 0 amide bonds. The number of aliphatic hydroxyl groups is 1. The summed E-state index contributed by atoms with van der Waals surface area (Å²) >= 11 is 0. The van der Waals surface area contributed by atoms with Crippen LogP contribution in [0.15, 0.2) is 18.2 Å². The second kappa shape index (κ2) is 6.11. The number of aromatic nitrogens is 1. The average Bonchev–Trinajstić information content (AvgIpc) is 2.46. The standard InChI is InChI=1S/C17H20N2O2/c1-10(2)16(20)7-12-6-15-14(8-17(12)21-4)11(3)5-13(9-18)19-15/h5-6,8,10,16,20H,7H2,1-4H3. The number of methoxy groups -OCH3 is 1. The van der Waals surface area contributed by atoms with Gasteiger partial charge in [-0.3, -0.25) is 0 Å². The van der Waals surface area contributed by atoms with Crippen LogP contribution in [0.2, 0.25) is 0 Å². The molecular weight excluding hydrogens is 264 g/mol. The van der Waals surface area contributed by atoms with Crippen LogP contribution in [0.4, 0.5) is 0 Å². The minimum absolute atomic E-state index is 0.172. The van der Waals surface area contributed by atoms with Crippen LogP contribution in [0, 0.1) is 24.2 Å². The predicted molar refractivity (Wildman–Crippen MR) is 82.3 cm³/mol. The summed E-state index contributed by atoms with van der Waals surface area (Å²) in [6.45, 7) is 5.91. The molecule has 2 rings (SSSR count). The van der Waals surface area contributed by atoms with Gasteiger partial charge in [0, 0.05) is 11.8 Å². The lowest BCUT2D eigenvalue weighted by molar-refractivity contribution is 0.125. The predicted octanol–water partition coefficient (Wildman–Crippen LogP) is 2.98. The Morgan fingerprint density at radius 3 is 2.62 bits per heavy atom. The molecule has 21 heavy (non-hydrogen) atoms. The fourth-order valence-electron chi connectivity index (χ4n) is 2.33. The Balaban J connectivity index is 2.57. The van der Waals surface area contributed by atoms with Crippen molar-refractivity contribution in [3.63, 3.8) is 0 Å². The molecule has 1 aromatic carbocycles. The van der Waals surface area contributed by atoms with Gasteiger partial charge < -0.3 is 9.84 Å². The van der Waals surface area contributed by atoms with Crippen molar-refractivity contribution in [2.24, 2.45) is 5.92 Å². The third-order valence-corrected chi connectivity index (χ3v) is 3.73. The molecule has 0 aliphatic heterocycles. The molecule has 1 heterocycles. The minimum Gasteiger partial charge on any atom is -0.496 e. The molecule has 0 aliphatic rings. The van der Waals surface area contributed by atoms with Crippen molar-refractivity contribution < 1.29 is 9.84 Å². The Morgan fingerprint density at radius 1 is 1.33 bits per heavy atom. The van der Waals surface area contributed by atoms with Crippen LogP contribution in [-0.2, 0) is 6.42 Å². The van der Waals surface area contributed by atoms with Crippen LogP contribution >= 0.6 is 0 Å². The maximum atomic E-state index is 10.1. The highest BCUT2D eigenvalue weighted by Crippen LogP contribution is 2.29. The Morgan fingerprint density at radius 2 is 2.05 bits per heavy atom. The molecule has 0 saturated carbocycles. The van der Waals surface area contributed by atoms with E-state index in [4.69, 9.17) is 10.00 Å². The van der Waals surface area contributed by atoms with Gasteiger partial charge in [0.15, 0.2) is 0 Å². The second-order valence-corrected chi connectivity index (χ2v) is 5.63. The fraction of sp³-hybridized carbons (Fsp3) is 0.412. The fourth-order valence-corrected chi connectivity index (χ4v) is 2.33. The van der Waals surface area contributed by atoms with Crippen LogP contribution in [0.1, 0.15) is 30.7 Å². The van der Waals surface area contributed by atoms with Crippen LogP contribution in [0.3, 0.4) is 0 Å². The zero-order valence-corrected chi connectivity index (χ0v) is 12.8. The van der Waals surface area contributed by atoms with Crippen molar-refractivity contribution >= 4 is 10.9 Å². The molecule has 0 aliphatic carbocycles. The van der Waals surface area contributed by atoms with Crippen molar-refractivity contribution in [1.29, 1.82) is 5.26 Å². The highest BCUT2D eigenvalue weighted by Gasteiger charge is 2.15. The molecule has 0 fully saturated rings. The van der Waals surface area contributed by atoms with Crippen molar-refractivity contribution in [2.45, 2.75) is 33.3 Å². The van der Waals surface area contributed by atoms with Gasteiger partial charge in [0.2, 0.25) is 0 Å². The molecule has 0 radical (unpaired) electrons. The quantitative estimate of drug-likeness (QED) is 0.937. The first-order valence-electron chi connectivity index (χ1n) is 7.02. The van der Waals surface area contributed by atoms with E-state index in [2.05, 4.69) is 11.1 Å². The van der Waals surface area contributed by atoms with E-state index in [1.807, 2.05) is 32.9 Å². The number of pyridine rings is 1. The van der Waals surface area contributed by atoms with Gasteiger partial charge in [0.1, 0.15) is 17.5 Å². The van der Waals surface area contributed by atoms with E-state index < -0.39 is 6.10 Å². The maximum Gasteiger partial charge on any atom is 0.141 e. The second-order valence-electron chi connectivity index (χ2n) is 5.63. The Bertz CT molecular complexity index is 702. The summed E-state index contributed by atoms with van der Waals surface area (Å²) < 4.78 is 5.44. The van der Waals surface area contributed by atoms with Gasteiger partial charge >= 0.3 is 0 Å². The molecule has 4 nitrogen and oxygen atoms in total. The lowest BCUT2D eigenvalue weighted by atomic mass is 9.96. The number of aliphatic hydroxyl groups excluding tert-OH is 1. The van der Waals surface area contributed by atoms with Crippen LogP contribution in [0.25, 0.3) is 10.9 Å². The number of hydrogen-bond donors (Lipinski definition) is 1. The van der Waals surface area contributed by atoms with Gasteiger partial charge in [-0.05, 0) is 42.2 Å². The maximum absolute atomic E-state index is 10.1.